The van der Waals surface area contributed by atoms with Gasteiger partial charge in [0, 0.05) is 6.04 Å². The zero-order valence-electron chi connectivity index (χ0n) is 11.1. The van der Waals surface area contributed by atoms with Crippen LogP contribution in [-0.2, 0) is 4.79 Å². The summed E-state index contributed by atoms with van der Waals surface area (Å²) in [6.45, 7) is 2.71. The minimum Gasteiger partial charge on any atom is -0.480 e. The molecular formula is C13H26N2O2. The van der Waals surface area contributed by atoms with Gasteiger partial charge in [-0.1, -0.05) is 26.2 Å². The Morgan fingerprint density at radius 1 is 1.47 bits per heavy atom. The number of aliphatic carboxylic acids is 1. The standard InChI is InChI=1S/C13H26N2O2/c1-3-6-12(13(16)17)15(2)11-8-5-4-7-10(11)9-14/h10-12H,3-9,14H2,1-2H3,(H,16,17). The average Bonchev–Trinajstić information content (AvgIpc) is 2.34. The highest BCUT2D eigenvalue weighted by molar-refractivity contribution is 5.73. The van der Waals surface area contributed by atoms with Crippen molar-refractivity contribution in [2.24, 2.45) is 11.7 Å². The molecule has 4 heteroatoms. The van der Waals surface area contributed by atoms with Crippen LogP contribution in [0.5, 0.6) is 0 Å². The third-order valence-corrected chi connectivity index (χ3v) is 4.03. The lowest BCUT2D eigenvalue weighted by Gasteiger charge is -2.40. The Labute approximate surface area is 104 Å². The maximum absolute atomic E-state index is 11.3. The lowest BCUT2D eigenvalue weighted by atomic mass is 9.83. The molecule has 0 heterocycles. The number of likely N-dealkylation sites (N-methyl/N-ethyl adjacent to an activating group) is 1. The molecule has 0 aromatic heterocycles. The molecule has 100 valence electrons. The lowest BCUT2D eigenvalue weighted by molar-refractivity contribution is -0.144. The van der Waals surface area contributed by atoms with Crippen LogP contribution in [-0.4, -0.2) is 41.7 Å². The van der Waals surface area contributed by atoms with Crippen molar-refractivity contribution in [2.75, 3.05) is 13.6 Å². The minimum atomic E-state index is -0.698. The first-order valence-electron chi connectivity index (χ1n) is 6.76. The first kappa shape index (κ1) is 14.5. The lowest BCUT2D eigenvalue weighted by Crippen LogP contribution is -2.50. The highest BCUT2D eigenvalue weighted by Gasteiger charge is 2.33. The van der Waals surface area contributed by atoms with E-state index >= 15 is 0 Å². The predicted octanol–water partition coefficient (Wildman–Crippen LogP) is 1.69. The summed E-state index contributed by atoms with van der Waals surface area (Å²) in [6, 6.07) is -0.00134. The van der Waals surface area contributed by atoms with Crippen molar-refractivity contribution in [2.45, 2.75) is 57.5 Å². The first-order valence-corrected chi connectivity index (χ1v) is 6.76. The molecule has 0 bridgehead atoms. The van der Waals surface area contributed by atoms with Gasteiger partial charge in [-0.2, -0.15) is 0 Å². The number of nitrogens with two attached hydrogens (primary N) is 1. The third kappa shape index (κ3) is 3.68. The van der Waals surface area contributed by atoms with Gasteiger partial charge < -0.3 is 10.8 Å². The van der Waals surface area contributed by atoms with Crippen molar-refractivity contribution in [3.8, 4) is 0 Å². The molecule has 1 rings (SSSR count). The quantitative estimate of drug-likeness (QED) is 0.744. The molecule has 3 unspecified atom stereocenters. The molecule has 3 N–H and O–H groups in total. The van der Waals surface area contributed by atoms with Crippen LogP contribution in [0.15, 0.2) is 0 Å². The van der Waals surface area contributed by atoms with Gasteiger partial charge in [0.25, 0.3) is 0 Å². The monoisotopic (exact) mass is 242 g/mol. The van der Waals surface area contributed by atoms with Gasteiger partial charge in [-0.25, -0.2) is 0 Å². The molecule has 1 aliphatic rings. The van der Waals surface area contributed by atoms with Crippen molar-refractivity contribution in [1.82, 2.24) is 4.90 Å². The number of carboxylic acids is 1. The molecule has 0 aliphatic heterocycles. The second kappa shape index (κ2) is 6.97. The van der Waals surface area contributed by atoms with Crippen LogP contribution < -0.4 is 5.73 Å². The summed E-state index contributed by atoms with van der Waals surface area (Å²) in [6.07, 6.45) is 6.29. The maximum Gasteiger partial charge on any atom is 0.320 e. The van der Waals surface area contributed by atoms with Gasteiger partial charge in [0.15, 0.2) is 0 Å². The van der Waals surface area contributed by atoms with Crippen LogP contribution in [0.2, 0.25) is 0 Å². The van der Waals surface area contributed by atoms with E-state index in [1.165, 1.54) is 12.8 Å². The average molecular weight is 242 g/mol. The fourth-order valence-electron chi connectivity index (χ4n) is 3.01. The van der Waals surface area contributed by atoms with Crippen LogP contribution in [0.4, 0.5) is 0 Å². The molecule has 17 heavy (non-hydrogen) atoms. The maximum atomic E-state index is 11.3. The van der Waals surface area contributed by atoms with Crippen LogP contribution in [0.1, 0.15) is 45.4 Å². The van der Waals surface area contributed by atoms with Gasteiger partial charge in [0.05, 0.1) is 0 Å². The van der Waals surface area contributed by atoms with E-state index in [1.807, 2.05) is 14.0 Å². The van der Waals surface area contributed by atoms with E-state index < -0.39 is 5.97 Å². The number of hydrogen-bond donors (Lipinski definition) is 2. The van der Waals surface area contributed by atoms with Crippen LogP contribution in [0, 0.1) is 5.92 Å². The van der Waals surface area contributed by atoms with Gasteiger partial charge in [0.1, 0.15) is 6.04 Å². The molecule has 0 saturated heterocycles. The van der Waals surface area contributed by atoms with E-state index in [-0.39, 0.29) is 6.04 Å². The number of carbonyl (C=O) groups is 1. The van der Waals surface area contributed by atoms with Crippen LogP contribution >= 0.6 is 0 Å². The molecule has 3 atom stereocenters. The molecule has 1 fully saturated rings. The number of carboxylic acid groups (broad SMARTS) is 1. The topological polar surface area (TPSA) is 66.6 Å². The van der Waals surface area contributed by atoms with Crippen LogP contribution in [0.25, 0.3) is 0 Å². The van der Waals surface area contributed by atoms with Gasteiger partial charge in [-0.15, -0.1) is 0 Å². The Bertz CT molecular complexity index is 246. The second-order valence-electron chi connectivity index (χ2n) is 5.16. The minimum absolute atomic E-state index is 0.349. The molecular weight excluding hydrogens is 216 g/mol. The molecule has 0 spiro atoms. The van der Waals surface area contributed by atoms with E-state index in [0.717, 1.165) is 25.7 Å². The summed E-state index contributed by atoms with van der Waals surface area (Å²) in [5.74, 6) is -0.233. The zero-order valence-corrected chi connectivity index (χ0v) is 11.1. The SMILES string of the molecule is CCCC(C(=O)O)N(C)C1CCCCC1CN. The molecule has 0 aromatic rings. The normalized spacial score (nSPS) is 27.1. The molecule has 0 aromatic carbocycles. The van der Waals surface area contributed by atoms with Gasteiger partial charge in [-0.05, 0) is 38.8 Å². The van der Waals surface area contributed by atoms with E-state index in [4.69, 9.17) is 5.73 Å². The fourth-order valence-corrected chi connectivity index (χ4v) is 3.01. The van der Waals surface area contributed by atoms with E-state index in [1.54, 1.807) is 0 Å². The predicted molar refractivity (Wildman–Crippen MR) is 68.9 cm³/mol. The van der Waals surface area contributed by atoms with Crippen LogP contribution in [0.3, 0.4) is 0 Å². The summed E-state index contributed by atoms with van der Waals surface area (Å²) < 4.78 is 0. The Hall–Kier alpha value is -0.610. The molecule has 1 aliphatic carbocycles. The summed E-state index contributed by atoms with van der Waals surface area (Å²) in [5, 5.41) is 9.29. The Morgan fingerprint density at radius 3 is 2.65 bits per heavy atom. The van der Waals surface area contributed by atoms with E-state index in [0.29, 0.717) is 18.5 Å². The molecule has 4 nitrogen and oxygen atoms in total. The third-order valence-electron chi connectivity index (χ3n) is 4.03. The summed E-state index contributed by atoms with van der Waals surface area (Å²) in [7, 11) is 1.95. The molecule has 0 amide bonds. The highest BCUT2D eigenvalue weighted by atomic mass is 16.4. The van der Waals surface area contributed by atoms with E-state index in [9.17, 15) is 9.90 Å². The van der Waals surface area contributed by atoms with Crippen molar-refractivity contribution in [3.05, 3.63) is 0 Å². The summed E-state index contributed by atoms with van der Waals surface area (Å²) >= 11 is 0. The second-order valence-corrected chi connectivity index (χ2v) is 5.16. The van der Waals surface area contributed by atoms with Crippen molar-refractivity contribution in [3.63, 3.8) is 0 Å². The zero-order chi connectivity index (χ0) is 12.8. The largest absolute Gasteiger partial charge is 0.480 e. The fraction of sp³-hybridized carbons (Fsp3) is 0.923. The van der Waals surface area contributed by atoms with Gasteiger partial charge in [0.2, 0.25) is 0 Å². The molecule has 1 saturated carbocycles. The van der Waals surface area contributed by atoms with Gasteiger partial charge in [-0.3, -0.25) is 9.69 Å². The summed E-state index contributed by atoms with van der Waals surface area (Å²) in [4.78, 5) is 13.4. The first-order chi connectivity index (χ1) is 8.11. The van der Waals surface area contributed by atoms with E-state index in [2.05, 4.69) is 4.90 Å². The number of nitrogens with zero attached hydrogens (tertiary/aromatic N) is 1. The Morgan fingerprint density at radius 2 is 2.12 bits per heavy atom. The number of hydrogen-bond acceptors (Lipinski definition) is 3. The summed E-state index contributed by atoms with van der Waals surface area (Å²) in [5.41, 5.74) is 5.81. The number of rotatable bonds is 6. The Kier molecular flexibility index (Phi) is 5.92. The van der Waals surface area contributed by atoms with Crippen molar-refractivity contribution < 1.29 is 9.90 Å². The Balaban J connectivity index is 2.69. The van der Waals surface area contributed by atoms with Gasteiger partial charge >= 0.3 is 5.97 Å². The van der Waals surface area contributed by atoms with Crippen molar-refractivity contribution in [1.29, 1.82) is 0 Å². The van der Waals surface area contributed by atoms with Crippen molar-refractivity contribution >= 4 is 5.97 Å². The smallest absolute Gasteiger partial charge is 0.320 e. The highest BCUT2D eigenvalue weighted by Crippen LogP contribution is 2.29. The molecule has 0 radical (unpaired) electrons.